The Hall–Kier alpha value is -3.70. The van der Waals surface area contributed by atoms with Gasteiger partial charge in [-0.05, 0) is 353 Å². The molecule has 120 heavy (non-hydrogen) atoms. The number of aryl methyl sites for hydroxylation is 3. The summed E-state index contributed by atoms with van der Waals surface area (Å²) in [6, 6.07) is 31.1. The molecular weight excluding hydrogens is 1630 g/mol. The number of piperidine rings is 6. The van der Waals surface area contributed by atoms with E-state index in [4.69, 9.17) is 29.4 Å². The zero-order valence-corrected chi connectivity index (χ0v) is 83.9. The van der Waals surface area contributed by atoms with E-state index in [2.05, 4.69) is 148 Å². The first-order valence-electron chi connectivity index (χ1n) is 42.1. The molecule has 6 aliphatic heterocycles. The van der Waals surface area contributed by atoms with Gasteiger partial charge in [-0.1, -0.05) is 48.5 Å². The fourth-order valence-corrected chi connectivity index (χ4v) is 19.5. The maximum Gasteiger partial charge on any atom is 0.407 e. The molecule has 1 amide bonds. The Bertz CT molecular complexity index is 3260. The Morgan fingerprint density at radius 1 is 0.358 bits per heavy atom. The van der Waals surface area contributed by atoms with Crippen LogP contribution < -0.4 is 67.2 Å². The van der Waals surface area contributed by atoms with Crippen LogP contribution in [-0.2, 0) is 30.5 Å². The number of halogens is 7. The molecule has 0 aromatic heterocycles. The van der Waals surface area contributed by atoms with E-state index in [9.17, 15) is 31.1 Å². The molecule has 15 nitrogen and oxygen atoms in total. The minimum atomic E-state index is -1.16. The van der Waals surface area contributed by atoms with Crippen molar-refractivity contribution < 1.29 is 54.8 Å². The first-order chi connectivity index (χ1) is 52.5. The molecule has 4 aromatic rings. The summed E-state index contributed by atoms with van der Waals surface area (Å²) in [6.07, 6.45) is 4.07. The number of carbonyl (C=O) groups is 1. The molecule has 6 aliphatic rings. The molecule has 6 heterocycles. The molecule has 10 N–H and O–H groups in total. The van der Waals surface area contributed by atoms with Gasteiger partial charge < -0.3 is 72.0 Å². The lowest BCUT2D eigenvalue weighted by atomic mass is 9.72. The van der Waals surface area contributed by atoms with Crippen molar-refractivity contribution in [2.24, 2.45) is 23.5 Å². The van der Waals surface area contributed by atoms with Crippen molar-refractivity contribution in [2.45, 2.75) is 398 Å². The molecule has 26 heteroatoms. The minimum absolute atomic E-state index is 0. The zero-order valence-electron chi connectivity index (χ0n) is 79.1. The lowest BCUT2D eigenvalue weighted by Crippen LogP contribution is -2.69. The van der Waals surface area contributed by atoms with Gasteiger partial charge in [0, 0.05) is 85.1 Å². The summed E-state index contributed by atoms with van der Waals surface area (Å²) >= 11 is 0. The molecule has 10 rings (SSSR count). The summed E-state index contributed by atoms with van der Waals surface area (Å²) in [7, 11) is 6.66. The van der Waals surface area contributed by atoms with Gasteiger partial charge in [-0.15, -0.1) is 12.4 Å². The number of ether oxygens (including phenoxy) is 5. The van der Waals surface area contributed by atoms with Gasteiger partial charge in [0.1, 0.15) is 65.6 Å². The Balaban J connectivity index is 0.00000141. The molecule has 0 spiro atoms. The van der Waals surface area contributed by atoms with Crippen LogP contribution in [0.15, 0.2) is 97.1 Å². The highest BCUT2D eigenvalue weighted by Gasteiger charge is 2.51. The Morgan fingerprint density at radius 2 is 0.583 bits per heavy atom. The van der Waals surface area contributed by atoms with Crippen LogP contribution in [-0.4, -0.2) is 162 Å². The topological polar surface area (TPSA) is 185 Å². The van der Waals surface area contributed by atoms with E-state index in [1.54, 1.807) is 49.2 Å². The van der Waals surface area contributed by atoms with Crippen molar-refractivity contribution in [2.75, 3.05) is 28.4 Å². The third-order valence-corrected chi connectivity index (χ3v) is 23.3. The van der Waals surface area contributed by atoms with Crippen molar-refractivity contribution in [3.05, 3.63) is 119 Å². The van der Waals surface area contributed by atoms with Crippen LogP contribution in [0.1, 0.15) is 267 Å². The highest BCUT2D eigenvalue weighted by Crippen LogP contribution is 2.42. The van der Waals surface area contributed by atoms with Crippen molar-refractivity contribution in [3.8, 4) is 23.0 Å². The van der Waals surface area contributed by atoms with E-state index >= 15 is 0 Å². The normalized spacial score (nSPS) is 27.8. The SMILES string of the molecule is CC1(C)C[C@H](N)[C@H](F)C(C)(C)N1.CC1(C)C[C@H](NC(=O)OC(C)(C)C)[C@H](F)C(C)(C)N1.COc1ccc(CC[C@@H]2CC(C)(C)NC(C)(C)[C@@H]2F)cc1.COc1ccc(CC[C@H]2CC(C)(C)NC(C)(C)[C@H]2F)cc1.COc1ccc(CC[C@H]2CC(C)(C)NC(C)(C)[C@H]2F)cc1.COc1ccc(CN[C@H]2CC(C)(C)NC(C)(C)[C@H]2F)cc1.Cl.S.S.S.S. The number of benzene rings is 4. The predicted octanol–water partition coefficient (Wildman–Crippen LogP) is 20.3. The molecule has 12 atom stereocenters. The second-order valence-corrected chi connectivity index (χ2v) is 42.2. The standard InChI is InChI=1S/3C18H28FNO.C17H27FN2O.C14H27FN2O2.C9H19FN2.ClH.4H2S/c3*1-17(2)12-14(16(19)18(3,4)20-17)9-6-13-7-10-15(21-5)11-8-13;1-16(2)10-14(15(18)17(3,4)20-16)19-11-12-6-8-13(21-5)9-7-12;1-12(2,3)19-11(18)16-9-8-13(4,5)17-14(6,7)10(9)15;1-8(2)5-6(11)7(10)9(3,4)12-8;;;;;/h3*7-8,10-11,14,16,20H,6,9,12H2,1-5H3;6-9,14-15,19-20H,10-11H2,1-5H3;9-10,17H,8H2,1-7H3,(H,16,18);6-7,12H,5,11H2,1-4H3;1H;4*1H2/t3*14-,16-;14-,15-;9-,10-;6-,7-;;;;;/m100000...../s1. The average Bonchev–Trinajstić information content (AvgIpc) is 0.807. The zero-order chi connectivity index (χ0) is 87.3. The summed E-state index contributed by atoms with van der Waals surface area (Å²) in [5, 5.41) is 26.3. The van der Waals surface area contributed by atoms with Gasteiger partial charge in [0.2, 0.25) is 0 Å². The van der Waals surface area contributed by atoms with Gasteiger partial charge in [-0.3, -0.25) is 0 Å². The monoisotopic (exact) mass is 1790 g/mol. The maximum atomic E-state index is 14.7. The smallest absolute Gasteiger partial charge is 0.407 e. The summed E-state index contributed by atoms with van der Waals surface area (Å²) in [4.78, 5) is 11.8. The van der Waals surface area contributed by atoms with E-state index in [0.29, 0.717) is 19.4 Å². The lowest BCUT2D eigenvalue weighted by molar-refractivity contribution is 0.0204. The van der Waals surface area contributed by atoms with Crippen molar-refractivity contribution in [1.82, 2.24) is 42.5 Å². The molecule has 0 bridgehead atoms. The molecule has 0 radical (unpaired) electrons. The fourth-order valence-electron chi connectivity index (χ4n) is 19.5. The van der Waals surface area contributed by atoms with E-state index in [1.807, 2.05) is 158 Å². The number of amides is 1. The molecule has 0 unspecified atom stereocenters. The van der Waals surface area contributed by atoms with Crippen molar-refractivity contribution in [3.63, 3.8) is 0 Å². The first kappa shape index (κ1) is 116. The average molecular weight is 1800 g/mol. The number of hydrogen-bond acceptors (Lipinski definition) is 14. The molecule has 4 aromatic carbocycles. The van der Waals surface area contributed by atoms with Crippen LogP contribution in [0.2, 0.25) is 0 Å². The van der Waals surface area contributed by atoms with Crippen LogP contribution in [0.3, 0.4) is 0 Å². The van der Waals surface area contributed by atoms with Gasteiger partial charge in [0.15, 0.2) is 0 Å². The molecule has 0 aliphatic carbocycles. The van der Waals surface area contributed by atoms with Crippen LogP contribution in [0.5, 0.6) is 23.0 Å². The summed E-state index contributed by atoms with van der Waals surface area (Å²) < 4.78 is 113. The number of alkyl halides is 6. The number of hydrogen-bond donors (Lipinski definition) is 9. The molecular formula is C94H166ClF6N9O6S4. The van der Waals surface area contributed by atoms with Crippen molar-refractivity contribution >= 4 is 72.5 Å². The quantitative estimate of drug-likeness (QED) is 0.0455. The van der Waals surface area contributed by atoms with E-state index in [1.165, 1.54) is 16.7 Å². The van der Waals surface area contributed by atoms with Gasteiger partial charge in [-0.25, -0.2) is 31.1 Å². The fraction of sp³-hybridized carbons (Fsp3) is 0.734. The first-order valence-corrected chi connectivity index (χ1v) is 42.1. The van der Waals surface area contributed by atoms with Gasteiger partial charge in [-0.2, -0.15) is 54.0 Å². The molecule has 696 valence electrons. The second-order valence-electron chi connectivity index (χ2n) is 42.2. The van der Waals surface area contributed by atoms with Crippen LogP contribution in [0, 0.1) is 17.8 Å². The van der Waals surface area contributed by atoms with Gasteiger partial charge in [0.25, 0.3) is 0 Å². The third-order valence-electron chi connectivity index (χ3n) is 23.3. The molecule has 6 fully saturated rings. The number of rotatable bonds is 17. The maximum absolute atomic E-state index is 14.7. The van der Waals surface area contributed by atoms with E-state index in [-0.39, 0.29) is 129 Å². The highest BCUT2D eigenvalue weighted by atomic mass is 35.5. The minimum Gasteiger partial charge on any atom is -0.497 e. The number of nitrogens with two attached hydrogens (primary N) is 1. The van der Waals surface area contributed by atoms with Gasteiger partial charge in [0.05, 0.1) is 34.5 Å². The van der Waals surface area contributed by atoms with Crippen LogP contribution >= 0.6 is 66.4 Å². The molecule has 0 saturated carbocycles. The van der Waals surface area contributed by atoms with Gasteiger partial charge >= 0.3 is 6.09 Å². The number of methoxy groups -OCH3 is 4. The second kappa shape index (κ2) is 46.9. The summed E-state index contributed by atoms with van der Waals surface area (Å²) in [5.41, 5.74) is 6.61. The number of alkyl carbamates (subject to hydrolysis) is 1. The number of carbonyl (C=O) groups excluding carboxylic acids is 1. The third kappa shape index (κ3) is 36.9. The van der Waals surface area contributed by atoms with E-state index in [0.717, 1.165) is 92.8 Å². The van der Waals surface area contributed by atoms with Crippen LogP contribution in [0.4, 0.5) is 31.1 Å². The Kier molecular flexibility index (Phi) is 45.4. The summed E-state index contributed by atoms with van der Waals surface area (Å²) in [5.74, 6) is 3.77. The highest BCUT2D eigenvalue weighted by molar-refractivity contribution is 7.59. The summed E-state index contributed by atoms with van der Waals surface area (Å²) in [6.45, 7) is 54.4. The number of nitrogens with one attached hydrogen (secondary N) is 8. The Labute approximate surface area is 757 Å². The largest absolute Gasteiger partial charge is 0.497 e. The molecule has 6 saturated heterocycles. The van der Waals surface area contributed by atoms with Crippen molar-refractivity contribution in [1.29, 1.82) is 0 Å². The predicted molar refractivity (Wildman–Crippen MR) is 513 cm³/mol. The lowest BCUT2D eigenvalue weighted by Gasteiger charge is -2.49. The van der Waals surface area contributed by atoms with Crippen LogP contribution in [0.25, 0.3) is 0 Å². The van der Waals surface area contributed by atoms with E-state index < -0.39 is 88.0 Å². The Morgan fingerprint density at radius 3 is 0.842 bits per heavy atom.